The Morgan fingerprint density at radius 3 is 1.87 bits per heavy atom. The molecule has 0 atom stereocenters. The van der Waals surface area contributed by atoms with Crippen LogP contribution < -0.4 is 5.32 Å². The van der Waals surface area contributed by atoms with Gasteiger partial charge in [0.2, 0.25) is 0 Å². The van der Waals surface area contributed by atoms with Crippen LogP contribution in [-0.2, 0) is 12.4 Å². The molecule has 1 aromatic heterocycles. The maximum Gasteiger partial charge on any atom is 0.437 e. The summed E-state index contributed by atoms with van der Waals surface area (Å²) in [5.41, 5.74) is -3.02. The highest BCUT2D eigenvalue weighted by molar-refractivity contribution is 6.37. The summed E-state index contributed by atoms with van der Waals surface area (Å²) in [5.74, 6) is 0. The quantitative estimate of drug-likeness (QED) is 0.723. The third-order valence-corrected chi connectivity index (χ3v) is 3.40. The van der Waals surface area contributed by atoms with Gasteiger partial charge in [0.1, 0.15) is 5.69 Å². The molecule has 0 amide bonds. The molecule has 1 aromatic carbocycles. The van der Waals surface area contributed by atoms with E-state index in [9.17, 15) is 26.3 Å². The van der Waals surface area contributed by atoms with E-state index < -0.39 is 33.7 Å². The Labute approximate surface area is 135 Å². The van der Waals surface area contributed by atoms with Crippen LogP contribution in [0.4, 0.5) is 32.0 Å². The average molecular weight is 378 g/mol. The lowest BCUT2D eigenvalue weighted by Gasteiger charge is -2.12. The van der Waals surface area contributed by atoms with E-state index in [4.69, 9.17) is 23.2 Å². The number of aromatic nitrogens is 2. The summed E-state index contributed by atoms with van der Waals surface area (Å²) in [4.78, 5) is 0. The Bertz CT molecular complexity index is 712. The predicted molar refractivity (Wildman–Crippen MR) is 73.1 cm³/mol. The molecule has 0 radical (unpaired) electrons. The Hall–Kier alpha value is -1.61. The van der Waals surface area contributed by atoms with Crippen molar-refractivity contribution in [3.8, 4) is 5.69 Å². The zero-order valence-electron chi connectivity index (χ0n) is 11.2. The fourth-order valence-corrected chi connectivity index (χ4v) is 2.49. The Kier molecular flexibility index (Phi) is 4.46. The SMILES string of the molecule is CNc1cn(-c2c(Cl)cc(C(F)(F)F)cc2Cl)nc1C(F)(F)F. The highest BCUT2D eigenvalue weighted by atomic mass is 35.5. The second-order valence-electron chi connectivity index (χ2n) is 4.37. The zero-order valence-corrected chi connectivity index (χ0v) is 12.7. The molecule has 0 saturated heterocycles. The van der Waals surface area contributed by atoms with Gasteiger partial charge in [-0.3, -0.25) is 0 Å². The summed E-state index contributed by atoms with van der Waals surface area (Å²) in [6.07, 6.45) is -8.51. The predicted octanol–water partition coefficient (Wildman–Crippen LogP) is 5.26. The van der Waals surface area contributed by atoms with Crippen LogP contribution in [0.15, 0.2) is 18.3 Å². The molecule has 0 bridgehead atoms. The number of benzene rings is 1. The van der Waals surface area contributed by atoms with Gasteiger partial charge in [-0.05, 0) is 12.1 Å². The number of nitrogens with zero attached hydrogens (tertiary/aromatic N) is 2. The normalized spacial score (nSPS) is 12.6. The average Bonchev–Trinajstić information content (AvgIpc) is 2.80. The van der Waals surface area contributed by atoms with Crippen LogP contribution in [0.5, 0.6) is 0 Å². The van der Waals surface area contributed by atoms with Gasteiger partial charge in [-0.2, -0.15) is 31.4 Å². The number of nitrogens with one attached hydrogen (secondary N) is 1. The van der Waals surface area contributed by atoms with Crippen molar-refractivity contribution in [2.75, 3.05) is 12.4 Å². The van der Waals surface area contributed by atoms with Crippen LogP contribution in [0, 0.1) is 0 Å². The van der Waals surface area contributed by atoms with Crippen molar-refractivity contribution in [3.63, 3.8) is 0 Å². The minimum absolute atomic E-state index is 0.284. The van der Waals surface area contributed by atoms with E-state index in [0.29, 0.717) is 16.8 Å². The van der Waals surface area contributed by atoms with E-state index in [0.717, 1.165) is 6.20 Å². The lowest BCUT2D eigenvalue weighted by Crippen LogP contribution is -2.10. The Morgan fingerprint density at radius 1 is 1.00 bits per heavy atom. The van der Waals surface area contributed by atoms with Gasteiger partial charge in [-0.25, -0.2) is 4.68 Å². The molecule has 0 unspecified atom stereocenters. The number of hydrogen-bond donors (Lipinski definition) is 1. The van der Waals surface area contributed by atoms with Crippen molar-refractivity contribution >= 4 is 28.9 Å². The number of alkyl halides is 6. The monoisotopic (exact) mass is 377 g/mol. The first-order valence-electron chi connectivity index (χ1n) is 5.86. The molecule has 1 heterocycles. The fourth-order valence-electron chi connectivity index (χ4n) is 1.83. The van der Waals surface area contributed by atoms with Crippen molar-refractivity contribution in [3.05, 3.63) is 39.6 Å². The van der Waals surface area contributed by atoms with Crippen LogP contribution in [-0.4, -0.2) is 16.8 Å². The number of halogens is 8. The first-order valence-corrected chi connectivity index (χ1v) is 6.62. The fraction of sp³-hybridized carbons (Fsp3) is 0.250. The summed E-state index contributed by atoms with van der Waals surface area (Å²) >= 11 is 11.5. The minimum Gasteiger partial charge on any atom is -0.385 e. The molecule has 0 saturated carbocycles. The Morgan fingerprint density at radius 2 is 1.52 bits per heavy atom. The molecule has 0 aliphatic carbocycles. The molecule has 0 aliphatic heterocycles. The van der Waals surface area contributed by atoms with Crippen LogP contribution in [0.1, 0.15) is 11.3 Å². The first-order chi connectivity index (χ1) is 10.4. The van der Waals surface area contributed by atoms with Crippen LogP contribution in [0.25, 0.3) is 5.69 Å². The summed E-state index contributed by atoms with van der Waals surface area (Å²) in [6.45, 7) is 0. The van der Waals surface area contributed by atoms with Crippen molar-refractivity contribution in [2.24, 2.45) is 0 Å². The van der Waals surface area contributed by atoms with E-state index in [2.05, 4.69) is 10.4 Å². The molecule has 2 aromatic rings. The molecular formula is C12H7Cl2F6N3. The second kappa shape index (κ2) is 5.79. The third kappa shape index (κ3) is 3.50. The minimum atomic E-state index is -4.76. The molecule has 23 heavy (non-hydrogen) atoms. The standard InChI is InChI=1S/C12H7Cl2F6N3/c1-21-8-4-23(22-10(8)12(18,19)20)9-6(13)2-5(3-7(9)14)11(15,16)17/h2-4,21H,1H3. The molecule has 0 aliphatic rings. The van der Waals surface area contributed by atoms with Crippen molar-refractivity contribution in [2.45, 2.75) is 12.4 Å². The van der Waals surface area contributed by atoms with Gasteiger partial charge in [0, 0.05) is 7.05 Å². The first kappa shape index (κ1) is 17.7. The van der Waals surface area contributed by atoms with Gasteiger partial charge in [0.15, 0.2) is 5.69 Å². The van der Waals surface area contributed by atoms with E-state index in [1.165, 1.54) is 7.05 Å². The summed E-state index contributed by atoms with van der Waals surface area (Å²) in [7, 11) is 1.24. The van der Waals surface area contributed by atoms with Gasteiger partial charge >= 0.3 is 12.4 Å². The van der Waals surface area contributed by atoms with Crippen molar-refractivity contribution in [1.82, 2.24) is 9.78 Å². The number of hydrogen-bond acceptors (Lipinski definition) is 2. The highest BCUT2D eigenvalue weighted by Gasteiger charge is 2.38. The van der Waals surface area contributed by atoms with Crippen LogP contribution in [0.2, 0.25) is 10.0 Å². The molecule has 1 N–H and O–H groups in total. The maximum absolute atomic E-state index is 12.9. The van der Waals surface area contributed by atoms with E-state index in [-0.39, 0.29) is 11.4 Å². The molecule has 2 rings (SSSR count). The largest absolute Gasteiger partial charge is 0.437 e. The van der Waals surface area contributed by atoms with Gasteiger partial charge in [-0.1, -0.05) is 23.2 Å². The number of rotatable bonds is 2. The summed E-state index contributed by atoms with van der Waals surface area (Å²) < 4.78 is 77.2. The van der Waals surface area contributed by atoms with Crippen LogP contribution >= 0.6 is 23.2 Å². The highest BCUT2D eigenvalue weighted by Crippen LogP contribution is 2.39. The smallest absolute Gasteiger partial charge is 0.385 e. The zero-order chi connectivity index (χ0) is 17.6. The van der Waals surface area contributed by atoms with E-state index in [1.807, 2.05) is 0 Å². The molecule has 0 fully saturated rings. The van der Waals surface area contributed by atoms with Gasteiger partial charge in [0.25, 0.3) is 0 Å². The molecule has 11 heteroatoms. The summed E-state index contributed by atoms with van der Waals surface area (Å²) in [6, 6.07) is 1.13. The lowest BCUT2D eigenvalue weighted by molar-refractivity contribution is -0.140. The van der Waals surface area contributed by atoms with Crippen molar-refractivity contribution < 1.29 is 26.3 Å². The summed E-state index contributed by atoms with van der Waals surface area (Å²) in [5, 5.41) is 4.65. The van der Waals surface area contributed by atoms with Gasteiger partial charge < -0.3 is 5.32 Å². The topological polar surface area (TPSA) is 29.9 Å². The van der Waals surface area contributed by atoms with E-state index >= 15 is 0 Å². The van der Waals surface area contributed by atoms with Crippen molar-refractivity contribution in [1.29, 1.82) is 0 Å². The lowest BCUT2D eigenvalue weighted by atomic mass is 10.2. The maximum atomic E-state index is 12.9. The molecule has 3 nitrogen and oxygen atoms in total. The molecule has 126 valence electrons. The van der Waals surface area contributed by atoms with Gasteiger partial charge in [-0.15, -0.1) is 0 Å². The molecule has 0 spiro atoms. The second-order valence-corrected chi connectivity index (χ2v) is 5.18. The van der Waals surface area contributed by atoms with Gasteiger partial charge in [0.05, 0.1) is 27.5 Å². The van der Waals surface area contributed by atoms with E-state index in [1.54, 1.807) is 0 Å². The number of anilines is 1. The molecular weight excluding hydrogens is 371 g/mol. The Balaban J connectivity index is 2.62. The third-order valence-electron chi connectivity index (χ3n) is 2.83. The van der Waals surface area contributed by atoms with Crippen LogP contribution in [0.3, 0.4) is 0 Å².